The Hall–Kier alpha value is -3.94. The summed E-state index contributed by atoms with van der Waals surface area (Å²) < 4.78 is 38.2. The molecule has 3 heterocycles. The number of likely N-dealkylation sites (tertiary alicyclic amines) is 1. The van der Waals surface area contributed by atoms with Crippen LogP contribution >= 0.6 is 11.3 Å². The second kappa shape index (κ2) is 13.1. The van der Waals surface area contributed by atoms with Crippen LogP contribution in [-0.2, 0) is 11.2 Å². The third-order valence-electron chi connectivity index (χ3n) is 6.79. The Labute approximate surface area is 239 Å². The third kappa shape index (κ3) is 7.04. The zero-order chi connectivity index (χ0) is 28.8. The molecule has 1 fully saturated rings. The molecule has 0 radical (unpaired) electrons. The van der Waals surface area contributed by atoms with Crippen molar-refractivity contribution in [2.45, 2.75) is 31.7 Å². The van der Waals surface area contributed by atoms with E-state index in [0.717, 1.165) is 44.5 Å². The van der Waals surface area contributed by atoms with Crippen LogP contribution in [0.25, 0.3) is 10.9 Å². The van der Waals surface area contributed by atoms with Gasteiger partial charge >= 0.3 is 0 Å². The number of hydrogen-bond acceptors (Lipinski definition) is 10. The zero-order valence-corrected chi connectivity index (χ0v) is 23.2. The number of hydrogen-bond donors (Lipinski definition) is 3. The SMILES string of the molecule is COc1cc2c(Nc3ncc(CC(=O)Nc4ccc(F)c(F)c4)s3)ncnc2cc1OCCCN1CCC[C@@H]1CO. The molecule has 5 rings (SSSR count). The molecular formula is C28H30F2N6O4S. The maximum absolute atomic E-state index is 13.4. The summed E-state index contributed by atoms with van der Waals surface area (Å²) in [6.07, 6.45) is 5.97. The predicted molar refractivity (Wildman–Crippen MR) is 152 cm³/mol. The van der Waals surface area contributed by atoms with Crippen LogP contribution in [0.1, 0.15) is 24.1 Å². The average Bonchev–Trinajstić information content (AvgIpc) is 3.61. The standard InChI is InChI=1S/C28H30F2N6O4S/c1-39-24-12-20-23(13-25(24)40-9-3-8-36-7-2-4-18(36)15-37)32-16-33-27(20)35-28-31-14-19(41-28)11-26(38)34-17-5-6-21(29)22(30)10-17/h5-6,10,12-14,16,18,37H,2-4,7-9,11,15H2,1H3,(H,34,38)(H,31,32,33,35)/t18-/m1/s1. The molecule has 0 spiro atoms. The molecule has 0 bridgehead atoms. The van der Waals surface area contributed by atoms with Crippen LogP contribution in [0.15, 0.2) is 42.9 Å². The van der Waals surface area contributed by atoms with E-state index in [4.69, 9.17) is 9.47 Å². The minimum Gasteiger partial charge on any atom is -0.493 e. The minimum absolute atomic E-state index is 0.00972. The van der Waals surface area contributed by atoms with Gasteiger partial charge in [0.05, 0.1) is 32.3 Å². The van der Waals surface area contributed by atoms with E-state index in [1.165, 1.54) is 23.7 Å². The van der Waals surface area contributed by atoms with Gasteiger partial charge in [0.25, 0.3) is 0 Å². The van der Waals surface area contributed by atoms with Crippen LogP contribution in [0.2, 0.25) is 0 Å². The van der Waals surface area contributed by atoms with Crippen molar-refractivity contribution in [2.75, 3.05) is 44.0 Å². The van der Waals surface area contributed by atoms with Crippen LogP contribution in [0.5, 0.6) is 11.5 Å². The number of rotatable bonds is 12. The summed E-state index contributed by atoms with van der Waals surface area (Å²) in [7, 11) is 1.57. The van der Waals surface area contributed by atoms with Gasteiger partial charge in [0.15, 0.2) is 28.3 Å². The second-order valence-electron chi connectivity index (χ2n) is 9.57. The van der Waals surface area contributed by atoms with E-state index in [9.17, 15) is 18.7 Å². The number of fused-ring (bicyclic) bond motifs is 1. The minimum atomic E-state index is -1.03. The Morgan fingerprint density at radius 3 is 2.85 bits per heavy atom. The molecule has 0 aliphatic carbocycles. The molecule has 4 aromatic rings. The first-order valence-electron chi connectivity index (χ1n) is 13.2. The molecule has 13 heteroatoms. The Kier molecular flexibility index (Phi) is 9.17. The maximum atomic E-state index is 13.4. The summed E-state index contributed by atoms with van der Waals surface area (Å²) in [5.41, 5.74) is 0.823. The number of halogens is 2. The number of anilines is 3. The molecule has 1 aliphatic rings. The molecule has 3 N–H and O–H groups in total. The van der Waals surface area contributed by atoms with Crippen LogP contribution in [0, 0.1) is 11.6 Å². The molecular weight excluding hydrogens is 554 g/mol. The molecule has 0 saturated carbocycles. The van der Waals surface area contributed by atoms with Crippen molar-refractivity contribution in [2.24, 2.45) is 0 Å². The van der Waals surface area contributed by atoms with Gasteiger partial charge in [0, 0.05) is 46.9 Å². The van der Waals surface area contributed by atoms with Gasteiger partial charge in [-0.2, -0.15) is 0 Å². The van der Waals surface area contributed by atoms with Gasteiger partial charge in [-0.25, -0.2) is 23.7 Å². The van der Waals surface area contributed by atoms with Crippen molar-refractivity contribution in [3.05, 3.63) is 59.4 Å². The second-order valence-corrected chi connectivity index (χ2v) is 10.7. The van der Waals surface area contributed by atoms with Crippen LogP contribution in [0.4, 0.5) is 25.4 Å². The molecule has 2 aromatic heterocycles. The van der Waals surface area contributed by atoms with E-state index in [-0.39, 0.29) is 30.7 Å². The average molecular weight is 585 g/mol. The fraction of sp³-hybridized carbons (Fsp3) is 0.357. The van der Waals surface area contributed by atoms with Crippen molar-refractivity contribution in [1.82, 2.24) is 19.9 Å². The quantitative estimate of drug-likeness (QED) is 0.206. The normalized spacial score (nSPS) is 15.3. The van der Waals surface area contributed by atoms with Gasteiger partial charge in [-0.1, -0.05) is 0 Å². The number of carbonyl (C=O) groups excluding carboxylic acids is 1. The van der Waals surface area contributed by atoms with Crippen molar-refractivity contribution >= 4 is 44.8 Å². The van der Waals surface area contributed by atoms with E-state index in [1.807, 2.05) is 6.07 Å². The summed E-state index contributed by atoms with van der Waals surface area (Å²) >= 11 is 1.27. The number of aliphatic hydroxyl groups is 1. The number of aliphatic hydroxyl groups excluding tert-OH is 1. The molecule has 0 unspecified atom stereocenters. The molecule has 2 aromatic carbocycles. The highest BCUT2D eigenvalue weighted by Gasteiger charge is 2.23. The number of nitrogens with one attached hydrogen (secondary N) is 2. The highest BCUT2D eigenvalue weighted by Crippen LogP contribution is 2.35. The van der Waals surface area contributed by atoms with Gasteiger partial charge in [0.1, 0.15) is 12.1 Å². The number of carbonyl (C=O) groups is 1. The van der Waals surface area contributed by atoms with Gasteiger partial charge in [-0.15, -0.1) is 11.3 Å². The van der Waals surface area contributed by atoms with E-state index in [2.05, 4.69) is 30.5 Å². The van der Waals surface area contributed by atoms with E-state index < -0.39 is 11.6 Å². The lowest BCUT2D eigenvalue weighted by Gasteiger charge is -2.22. The van der Waals surface area contributed by atoms with Crippen molar-refractivity contribution in [3.8, 4) is 11.5 Å². The Balaban J connectivity index is 1.21. The summed E-state index contributed by atoms with van der Waals surface area (Å²) in [5.74, 6) is -0.772. The monoisotopic (exact) mass is 584 g/mol. The third-order valence-corrected chi connectivity index (χ3v) is 7.71. The van der Waals surface area contributed by atoms with Crippen molar-refractivity contribution < 1.29 is 28.2 Å². The Morgan fingerprint density at radius 2 is 2.05 bits per heavy atom. The number of ether oxygens (including phenoxy) is 2. The zero-order valence-electron chi connectivity index (χ0n) is 22.4. The van der Waals surface area contributed by atoms with E-state index in [1.54, 1.807) is 19.4 Å². The number of amides is 1. The topological polar surface area (TPSA) is 122 Å². The fourth-order valence-electron chi connectivity index (χ4n) is 4.77. The van der Waals surface area contributed by atoms with E-state index in [0.29, 0.717) is 44.8 Å². The molecule has 1 amide bonds. The number of nitrogens with zero attached hydrogens (tertiary/aromatic N) is 4. The van der Waals surface area contributed by atoms with Crippen molar-refractivity contribution in [1.29, 1.82) is 0 Å². The number of methoxy groups -OCH3 is 1. The van der Waals surface area contributed by atoms with Crippen LogP contribution < -0.4 is 20.1 Å². The molecule has 1 saturated heterocycles. The molecule has 1 atom stereocenters. The van der Waals surface area contributed by atoms with Gasteiger partial charge in [-0.05, 0) is 44.0 Å². The first-order chi connectivity index (χ1) is 19.9. The smallest absolute Gasteiger partial charge is 0.229 e. The van der Waals surface area contributed by atoms with Gasteiger partial charge < -0.3 is 25.2 Å². The largest absolute Gasteiger partial charge is 0.493 e. The van der Waals surface area contributed by atoms with E-state index >= 15 is 0 Å². The molecule has 216 valence electrons. The first kappa shape index (κ1) is 28.6. The number of aromatic nitrogens is 3. The number of benzene rings is 2. The lowest BCUT2D eigenvalue weighted by atomic mass is 10.2. The summed E-state index contributed by atoms with van der Waals surface area (Å²) in [4.78, 5) is 28.4. The molecule has 41 heavy (non-hydrogen) atoms. The molecule has 1 aliphatic heterocycles. The van der Waals surface area contributed by atoms with Crippen LogP contribution in [0.3, 0.4) is 0 Å². The lowest BCUT2D eigenvalue weighted by Crippen LogP contribution is -2.33. The van der Waals surface area contributed by atoms with Gasteiger partial charge in [-0.3, -0.25) is 9.69 Å². The highest BCUT2D eigenvalue weighted by atomic mass is 32.1. The Bertz CT molecular complexity index is 1520. The highest BCUT2D eigenvalue weighted by molar-refractivity contribution is 7.15. The first-order valence-corrected chi connectivity index (χ1v) is 14.0. The fourth-order valence-corrected chi connectivity index (χ4v) is 5.58. The summed E-state index contributed by atoms with van der Waals surface area (Å²) in [6.45, 7) is 2.55. The van der Waals surface area contributed by atoms with Gasteiger partial charge in [0.2, 0.25) is 5.91 Å². The van der Waals surface area contributed by atoms with Crippen LogP contribution in [-0.4, -0.2) is 70.3 Å². The predicted octanol–water partition coefficient (Wildman–Crippen LogP) is 4.52. The Morgan fingerprint density at radius 1 is 1.17 bits per heavy atom. The summed E-state index contributed by atoms with van der Waals surface area (Å²) in [6, 6.07) is 7.04. The van der Waals surface area contributed by atoms with Crippen molar-refractivity contribution in [3.63, 3.8) is 0 Å². The summed E-state index contributed by atoms with van der Waals surface area (Å²) in [5, 5.41) is 16.5. The number of thiazole rings is 1. The molecule has 10 nitrogen and oxygen atoms in total. The lowest BCUT2D eigenvalue weighted by molar-refractivity contribution is -0.115. The maximum Gasteiger partial charge on any atom is 0.229 e.